The SMILES string of the molecule is CC(C)(C(N)=O)C(=O)NCCCNc1nc(Nc2ccc(CCCC(=O)[C@H]3CCC(=O)O3)cc2)ncc1Br. The molecule has 1 aromatic carbocycles. The summed E-state index contributed by atoms with van der Waals surface area (Å²) in [6.45, 7) is 3.89. The summed E-state index contributed by atoms with van der Waals surface area (Å²) >= 11 is 3.43. The van der Waals surface area contributed by atoms with Crippen molar-refractivity contribution in [3.05, 3.63) is 40.5 Å². The number of Topliss-reactive ketones (excluding diaryl/α,β-unsaturated/α-hetero) is 1. The zero-order valence-corrected chi connectivity index (χ0v) is 23.1. The maximum atomic E-state index is 12.1. The molecule has 3 rings (SSSR count). The molecule has 12 heteroatoms. The van der Waals surface area contributed by atoms with E-state index in [0.29, 0.717) is 61.4 Å². The highest BCUT2D eigenvalue weighted by Crippen LogP contribution is 2.23. The highest BCUT2D eigenvalue weighted by atomic mass is 79.9. The van der Waals surface area contributed by atoms with Crippen LogP contribution in [-0.2, 0) is 30.3 Å². The van der Waals surface area contributed by atoms with Crippen molar-refractivity contribution < 1.29 is 23.9 Å². The lowest BCUT2D eigenvalue weighted by Gasteiger charge is -2.19. The van der Waals surface area contributed by atoms with E-state index in [2.05, 4.69) is 41.8 Å². The number of primary amides is 1. The molecule has 0 unspecified atom stereocenters. The van der Waals surface area contributed by atoms with Crippen molar-refractivity contribution in [2.45, 2.75) is 58.5 Å². The molecule has 11 nitrogen and oxygen atoms in total. The van der Waals surface area contributed by atoms with Crippen LogP contribution < -0.4 is 21.7 Å². The number of halogens is 1. The molecule has 38 heavy (non-hydrogen) atoms. The molecule has 1 aromatic heterocycles. The number of nitrogens with two attached hydrogens (primary N) is 1. The number of hydrogen-bond donors (Lipinski definition) is 4. The van der Waals surface area contributed by atoms with E-state index in [1.54, 1.807) is 6.20 Å². The van der Waals surface area contributed by atoms with Gasteiger partial charge in [-0.3, -0.25) is 19.2 Å². The molecule has 1 aliphatic heterocycles. The Morgan fingerprint density at radius 1 is 1.16 bits per heavy atom. The van der Waals surface area contributed by atoms with Gasteiger partial charge in [0.1, 0.15) is 11.2 Å². The predicted molar refractivity (Wildman–Crippen MR) is 146 cm³/mol. The van der Waals surface area contributed by atoms with E-state index in [1.165, 1.54) is 13.8 Å². The van der Waals surface area contributed by atoms with Crippen LogP contribution in [0.3, 0.4) is 0 Å². The van der Waals surface area contributed by atoms with Gasteiger partial charge in [-0.15, -0.1) is 0 Å². The number of nitrogens with one attached hydrogen (secondary N) is 3. The van der Waals surface area contributed by atoms with Crippen LogP contribution in [0.2, 0.25) is 0 Å². The lowest BCUT2D eigenvalue weighted by Crippen LogP contribution is -2.46. The van der Waals surface area contributed by atoms with Crippen molar-refractivity contribution in [3.63, 3.8) is 0 Å². The molecule has 1 atom stereocenters. The van der Waals surface area contributed by atoms with E-state index in [0.717, 1.165) is 17.7 Å². The molecule has 1 fully saturated rings. The van der Waals surface area contributed by atoms with E-state index in [-0.39, 0.29) is 11.8 Å². The average Bonchev–Trinajstić information content (AvgIpc) is 3.32. The standard InChI is InChI=1S/C26H33BrN6O5/c1-26(2,23(28)36)24(37)30-14-4-13-29-22-18(27)15-31-25(33-22)32-17-9-7-16(8-10-17)5-3-6-19(34)20-11-12-21(35)38-20/h7-10,15,20H,3-6,11-14H2,1-2H3,(H2,28,36)(H,30,37)(H2,29,31,32,33)/t20-/m1/s1. The van der Waals surface area contributed by atoms with E-state index in [1.807, 2.05) is 24.3 Å². The van der Waals surface area contributed by atoms with Crippen molar-refractivity contribution >= 4 is 57.0 Å². The molecule has 2 heterocycles. The summed E-state index contributed by atoms with van der Waals surface area (Å²) < 4.78 is 5.72. The Morgan fingerprint density at radius 2 is 1.89 bits per heavy atom. The lowest BCUT2D eigenvalue weighted by atomic mass is 9.91. The van der Waals surface area contributed by atoms with Crippen molar-refractivity contribution in [2.75, 3.05) is 23.7 Å². The number of cyclic esters (lactones) is 1. The number of carbonyl (C=O) groups is 4. The number of hydrogen-bond acceptors (Lipinski definition) is 9. The van der Waals surface area contributed by atoms with Crippen molar-refractivity contribution in [1.29, 1.82) is 0 Å². The largest absolute Gasteiger partial charge is 0.454 e. The van der Waals surface area contributed by atoms with Crippen LogP contribution in [0.25, 0.3) is 0 Å². The Hall–Kier alpha value is -3.54. The number of aromatic nitrogens is 2. The number of anilines is 3. The molecule has 2 aromatic rings. The summed E-state index contributed by atoms with van der Waals surface area (Å²) in [5.74, 6) is -0.374. The summed E-state index contributed by atoms with van der Waals surface area (Å²) in [5.41, 5.74) is 5.92. The van der Waals surface area contributed by atoms with E-state index in [9.17, 15) is 19.2 Å². The Morgan fingerprint density at radius 3 is 2.55 bits per heavy atom. The number of rotatable bonds is 14. The molecule has 1 aliphatic rings. The van der Waals surface area contributed by atoms with Crippen LogP contribution in [0.4, 0.5) is 17.5 Å². The molecule has 5 N–H and O–H groups in total. The van der Waals surface area contributed by atoms with Gasteiger partial charge in [0.2, 0.25) is 17.8 Å². The van der Waals surface area contributed by atoms with Crippen LogP contribution in [0.1, 0.15) is 51.5 Å². The van der Waals surface area contributed by atoms with Gasteiger partial charge in [-0.05, 0) is 66.7 Å². The molecular formula is C26H33BrN6O5. The topological polar surface area (TPSA) is 165 Å². The quantitative estimate of drug-likeness (QED) is 0.147. The lowest BCUT2D eigenvalue weighted by molar-refractivity contribution is -0.147. The maximum Gasteiger partial charge on any atom is 0.306 e. The van der Waals surface area contributed by atoms with Crippen LogP contribution in [-0.4, -0.2) is 52.7 Å². The molecule has 0 spiro atoms. The molecule has 2 amide bonds. The minimum absolute atomic E-state index is 0.0114. The van der Waals surface area contributed by atoms with Gasteiger partial charge >= 0.3 is 5.97 Å². The number of benzene rings is 1. The van der Waals surface area contributed by atoms with E-state index in [4.69, 9.17) is 10.5 Å². The molecule has 0 radical (unpaired) electrons. The third-order valence-corrected chi connectivity index (χ3v) is 6.78. The Labute approximate surface area is 229 Å². The van der Waals surface area contributed by atoms with Gasteiger partial charge in [0, 0.05) is 44.2 Å². The first-order valence-corrected chi connectivity index (χ1v) is 13.3. The van der Waals surface area contributed by atoms with Crippen molar-refractivity contribution in [3.8, 4) is 0 Å². The molecule has 0 aliphatic carbocycles. The summed E-state index contributed by atoms with van der Waals surface area (Å²) in [6.07, 6.45) is 4.32. The summed E-state index contributed by atoms with van der Waals surface area (Å²) in [4.78, 5) is 55.5. The number of ether oxygens (including phenoxy) is 1. The van der Waals surface area contributed by atoms with Gasteiger partial charge in [0.25, 0.3) is 0 Å². The van der Waals surface area contributed by atoms with Gasteiger partial charge in [-0.25, -0.2) is 4.98 Å². The second-order valence-corrected chi connectivity index (χ2v) is 10.4. The Kier molecular flexibility index (Phi) is 10.2. The van der Waals surface area contributed by atoms with E-state index < -0.39 is 23.3 Å². The van der Waals surface area contributed by atoms with Crippen LogP contribution >= 0.6 is 15.9 Å². The predicted octanol–water partition coefficient (Wildman–Crippen LogP) is 3.01. The number of carbonyl (C=O) groups excluding carboxylic acids is 4. The zero-order chi connectivity index (χ0) is 27.7. The Bertz CT molecular complexity index is 1170. The van der Waals surface area contributed by atoms with Crippen LogP contribution in [0.15, 0.2) is 34.9 Å². The van der Waals surface area contributed by atoms with Gasteiger partial charge in [0.05, 0.1) is 4.47 Å². The summed E-state index contributed by atoms with van der Waals surface area (Å²) in [7, 11) is 0. The second-order valence-electron chi connectivity index (χ2n) is 9.57. The number of esters is 1. The first kappa shape index (κ1) is 29.0. The third-order valence-electron chi connectivity index (χ3n) is 6.20. The summed E-state index contributed by atoms with van der Waals surface area (Å²) in [6, 6.07) is 7.80. The first-order valence-electron chi connectivity index (χ1n) is 12.5. The maximum absolute atomic E-state index is 12.1. The monoisotopic (exact) mass is 588 g/mol. The van der Waals surface area contributed by atoms with Crippen LogP contribution in [0, 0.1) is 5.41 Å². The number of nitrogens with zero attached hydrogens (tertiary/aromatic N) is 2. The molecule has 1 saturated heterocycles. The third kappa shape index (κ3) is 8.23. The highest BCUT2D eigenvalue weighted by molar-refractivity contribution is 9.10. The second kappa shape index (κ2) is 13.3. The first-order chi connectivity index (χ1) is 18.1. The fourth-order valence-corrected chi connectivity index (χ4v) is 3.98. The molecule has 204 valence electrons. The minimum atomic E-state index is -1.26. The highest BCUT2D eigenvalue weighted by Gasteiger charge is 2.33. The Balaban J connectivity index is 1.42. The van der Waals surface area contributed by atoms with Crippen molar-refractivity contribution in [1.82, 2.24) is 15.3 Å². The van der Waals surface area contributed by atoms with Gasteiger partial charge in [0.15, 0.2) is 11.9 Å². The number of amides is 2. The zero-order valence-electron chi connectivity index (χ0n) is 21.5. The van der Waals surface area contributed by atoms with Crippen molar-refractivity contribution in [2.24, 2.45) is 11.1 Å². The number of aryl methyl sites for hydroxylation is 1. The molecule has 0 saturated carbocycles. The van der Waals surface area contributed by atoms with E-state index >= 15 is 0 Å². The van der Waals surface area contributed by atoms with Gasteiger partial charge in [-0.1, -0.05) is 12.1 Å². The minimum Gasteiger partial charge on any atom is -0.454 e. The number of ketones is 1. The van der Waals surface area contributed by atoms with Crippen LogP contribution in [0.5, 0.6) is 0 Å². The average molecular weight is 589 g/mol. The normalized spacial score (nSPS) is 15.0. The van der Waals surface area contributed by atoms with Gasteiger partial charge < -0.3 is 26.4 Å². The smallest absolute Gasteiger partial charge is 0.306 e. The summed E-state index contributed by atoms with van der Waals surface area (Å²) in [5, 5.41) is 9.09. The fourth-order valence-electron chi connectivity index (χ4n) is 3.65. The fraction of sp³-hybridized carbons (Fsp3) is 0.462. The molecule has 0 bridgehead atoms. The van der Waals surface area contributed by atoms with Gasteiger partial charge in [-0.2, -0.15) is 4.98 Å². The molecular weight excluding hydrogens is 556 g/mol.